The van der Waals surface area contributed by atoms with Gasteiger partial charge in [-0.1, -0.05) is 55.1 Å². The highest BCUT2D eigenvalue weighted by Gasteiger charge is 2.63. The zero-order chi connectivity index (χ0) is 17.4. The molecule has 5 heteroatoms. The molecule has 0 aliphatic carbocycles. The minimum absolute atomic E-state index is 0.233. The molecule has 0 amide bonds. The van der Waals surface area contributed by atoms with Crippen molar-refractivity contribution in [2.75, 3.05) is 0 Å². The SMILES string of the molecule is C=CCC(F)(F)C(C)(C=C)C(F)(F)F.C=Cc1ccccc1. The molecule has 0 fully saturated rings. The van der Waals surface area contributed by atoms with Crippen LogP contribution in [-0.4, -0.2) is 12.1 Å². The maximum Gasteiger partial charge on any atom is 0.403 e. The van der Waals surface area contributed by atoms with Crippen LogP contribution in [0.1, 0.15) is 18.9 Å². The number of benzene rings is 1. The Bertz CT molecular complexity index is 488. The third kappa shape index (κ3) is 4.83. The Morgan fingerprint density at radius 2 is 1.45 bits per heavy atom. The number of halogens is 5. The smallest absolute Gasteiger partial charge is 0.205 e. The van der Waals surface area contributed by atoms with E-state index in [1.54, 1.807) is 0 Å². The Labute approximate surface area is 127 Å². The Morgan fingerprint density at radius 1 is 0.955 bits per heavy atom. The Balaban J connectivity index is 0.000000461. The molecule has 22 heavy (non-hydrogen) atoms. The van der Waals surface area contributed by atoms with Crippen LogP contribution in [0.25, 0.3) is 6.08 Å². The van der Waals surface area contributed by atoms with Gasteiger partial charge in [0.05, 0.1) is 0 Å². The number of alkyl halides is 5. The van der Waals surface area contributed by atoms with Crippen LogP contribution in [0.2, 0.25) is 0 Å². The van der Waals surface area contributed by atoms with Gasteiger partial charge in [0, 0.05) is 6.42 Å². The van der Waals surface area contributed by atoms with Crippen molar-refractivity contribution in [3.05, 3.63) is 67.8 Å². The third-order valence-electron chi connectivity index (χ3n) is 3.19. The zero-order valence-electron chi connectivity index (χ0n) is 12.3. The van der Waals surface area contributed by atoms with Gasteiger partial charge in [-0.2, -0.15) is 13.2 Å². The van der Waals surface area contributed by atoms with E-state index in [4.69, 9.17) is 0 Å². The summed E-state index contributed by atoms with van der Waals surface area (Å²) < 4.78 is 63.2. The quantitative estimate of drug-likeness (QED) is 0.442. The van der Waals surface area contributed by atoms with Gasteiger partial charge in [-0.05, 0) is 12.5 Å². The van der Waals surface area contributed by atoms with Crippen LogP contribution in [-0.2, 0) is 0 Å². The fourth-order valence-corrected chi connectivity index (χ4v) is 1.45. The van der Waals surface area contributed by atoms with Gasteiger partial charge in [-0.25, -0.2) is 8.78 Å². The lowest BCUT2D eigenvalue weighted by atomic mass is 9.81. The molecule has 0 heterocycles. The predicted molar refractivity (Wildman–Crippen MR) is 80.7 cm³/mol. The Hall–Kier alpha value is -1.91. The zero-order valence-corrected chi connectivity index (χ0v) is 12.3. The van der Waals surface area contributed by atoms with Crippen LogP contribution in [0, 0.1) is 5.41 Å². The Kier molecular flexibility index (Phi) is 7.23. The highest BCUT2D eigenvalue weighted by atomic mass is 19.4. The average molecular weight is 318 g/mol. The summed E-state index contributed by atoms with van der Waals surface area (Å²) in [5.74, 6) is -3.92. The van der Waals surface area contributed by atoms with E-state index < -0.39 is 23.9 Å². The summed E-state index contributed by atoms with van der Waals surface area (Å²) in [6.07, 6.45) is -3.24. The van der Waals surface area contributed by atoms with Gasteiger partial charge in [0.25, 0.3) is 5.92 Å². The minimum Gasteiger partial charge on any atom is -0.205 e. The Morgan fingerprint density at radius 3 is 1.73 bits per heavy atom. The molecular formula is C17H19F5. The summed E-state index contributed by atoms with van der Waals surface area (Å²) in [6.45, 7) is 9.86. The van der Waals surface area contributed by atoms with Crippen molar-refractivity contribution >= 4 is 6.08 Å². The predicted octanol–water partition coefficient (Wildman–Crippen LogP) is 6.28. The molecule has 1 rings (SSSR count). The molecule has 0 aromatic heterocycles. The fourth-order valence-electron chi connectivity index (χ4n) is 1.45. The van der Waals surface area contributed by atoms with Crippen molar-refractivity contribution in [2.24, 2.45) is 5.41 Å². The lowest BCUT2D eigenvalue weighted by Crippen LogP contribution is -2.48. The molecule has 0 nitrogen and oxygen atoms in total. The van der Waals surface area contributed by atoms with Crippen LogP contribution in [0.15, 0.2) is 62.2 Å². The maximum atomic E-state index is 13.1. The van der Waals surface area contributed by atoms with Gasteiger partial charge >= 0.3 is 6.18 Å². The van der Waals surface area contributed by atoms with Gasteiger partial charge in [-0.15, -0.1) is 13.2 Å². The molecule has 0 saturated carbocycles. The highest BCUT2D eigenvalue weighted by Crippen LogP contribution is 2.51. The van der Waals surface area contributed by atoms with Crippen molar-refractivity contribution in [1.29, 1.82) is 0 Å². The molecule has 1 aromatic carbocycles. The monoisotopic (exact) mass is 318 g/mol. The van der Waals surface area contributed by atoms with E-state index in [2.05, 4.69) is 19.7 Å². The van der Waals surface area contributed by atoms with Crippen LogP contribution in [0.4, 0.5) is 22.0 Å². The van der Waals surface area contributed by atoms with Crippen molar-refractivity contribution in [1.82, 2.24) is 0 Å². The molecule has 1 unspecified atom stereocenters. The average Bonchev–Trinajstić information content (AvgIpc) is 2.46. The molecule has 0 saturated heterocycles. The lowest BCUT2D eigenvalue weighted by Gasteiger charge is -2.35. The molecule has 0 aliphatic heterocycles. The van der Waals surface area contributed by atoms with Gasteiger partial charge in [0.1, 0.15) is 5.41 Å². The second-order valence-electron chi connectivity index (χ2n) is 4.72. The molecular weight excluding hydrogens is 299 g/mol. The van der Waals surface area contributed by atoms with Gasteiger partial charge in [-0.3, -0.25) is 0 Å². The van der Waals surface area contributed by atoms with E-state index in [0.717, 1.165) is 6.08 Å². The number of hydrogen-bond acceptors (Lipinski definition) is 0. The van der Waals surface area contributed by atoms with E-state index in [0.29, 0.717) is 6.92 Å². The highest BCUT2D eigenvalue weighted by molar-refractivity contribution is 5.45. The summed E-state index contributed by atoms with van der Waals surface area (Å²) in [4.78, 5) is 0. The first kappa shape index (κ1) is 20.1. The number of hydrogen-bond donors (Lipinski definition) is 0. The third-order valence-corrected chi connectivity index (χ3v) is 3.19. The largest absolute Gasteiger partial charge is 0.403 e. The normalized spacial score (nSPS) is 14.1. The first-order chi connectivity index (χ1) is 10.1. The van der Waals surface area contributed by atoms with Gasteiger partial charge < -0.3 is 0 Å². The molecule has 0 N–H and O–H groups in total. The fraction of sp³-hybridized carbons (Fsp3) is 0.294. The maximum absolute atomic E-state index is 13.1. The van der Waals surface area contributed by atoms with Crippen molar-refractivity contribution < 1.29 is 22.0 Å². The topological polar surface area (TPSA) is 0 Å². The molecule has 0 radical (unpaired) electrons. The summed E-state index contributed by atoms with van der Waals surface area (Å²) in [6, 6.07) is 10.0. The second-order valence-corrected chi connectivity index (χ2v) is 4.72. The molecule has 122 valence electrons. The number of rotatable bonds is 5. The van der Waals surface area contributed by atoms with Crippen molar-refractivity contribution in [3.63, 3.8) is 0 Å². The summed E-state index contributed by atoms with van der Waals surface area (Å²) in [5.41, 5.74) is -2.04. The summed E-state index contributed by atoms with van der Waals surface area (Å²) in [5, 5.41) is 0. The first-order valence-electron chi connectivity index (χ1n) is 6.42. The van der Waals surface area contributed by atoms with Crippen LogP contribution in [0.5, 0.6) is 0 Å². The molecule has 0 aliphatic rings. The summed E-state index contributed by atoms with van der Waals surface area (Å²) >= 11 is 0. The molecule has 0 spiro atoms. The molecule has 0 bridgehead atoms. The van der Waals surface area contributed by atoms with Crippen LogP contribution < -0.4 is 0 Å². The number of allylic oxidation sites excluding steroid dienone is 2. The van der Waals surface area contributed by atoms with E-state index in [1.807, 2.05) is 36.4 Å². The lowest BCUT2D eigenvalue weighted by molar-refractivity contribution is -0.270. The second kappa shape index (κ2) is 7.92. The van der Waals surface area contributed by atoms with E-state index in [9.17, 15) is 22.0 Å². The van der Waals surface area contributed by atoms with Crippen molar-refractivity contribution in [2.45, 2.75) is 25.4 Å². The summed E-state index contributed by atoms with van der Waals surface area (Å²) in [7, 11) is 0. The van der Waals surface area contributed by atoms with Crippen LogP contribution in [0.3, 0.4) is 0 Å². The van der Waals surface area contributed by atoms with E-state index in [-0.39, 0.29) is 6.08 Å². The van der Waals surface area contributed by atoms with Gasteiger partial charge in [0.2, 0.25) is 0 Å². The standard InChI is InChI=1S/C9H11F5.C8H8/c1-4-6-8(10,11)7(3,5-2)9(12,13)14;1-2-8-6-4-3-5-7-8/h4-5H,1-2,6H2,3H3;2-7H,1H2. The van der Waals surface area contributed by atoms with E-state index in [1.165, 1.54) is 5.56 Å². The van der Waals surface area contributed by atoms with Crippen molar-refractivity contribution in [3.8, 4) is 0 Å². The van der Waals surface area contributed by atoms with Gasteiger partial charge in [0.15, 0.2) is 0 Å². The first-order valence-corrected chi connectivity index (χ1v) is 6.42. The van der Waals surface area contributed by atoms with Crippen LogP contribution >= 0.6 is 0 Å². The minimum atomic E-state index is -5.03. The molecule has 1 aromatic rings. The molecule has 1 atom stereocenters. The van der Waals surface area contributed by atoms with E-state index >= 15 is 0 Å².